The third kappa shape index (κ3) is 2.78. The van der Waals surface area contributed by atoms with Gasteiger partial charge in [-0.3, -0.25) is 0 Å². The summed E-state index contributed by atoms with van der Waals surface area (Å²) in [7, 11) is 0. The van der Waals surface area contributed by atoms with Crippen LogP contribution in [0, 0.1) is 0 Å². The maximum absolute atomic E-state index is 5.85. The first-order valence-corrected chi connectivity index (χ1v) is 3.63. The molecule has 0 saturated heterocycles. The van der Waals surface area contributed by atoms with Crippen LogP contribution in [0.2, 0.25) is 0 Å². The highest BCUT2D eigenvalue weighted by molar-refractivity contribution is 6.32. The van der Waals surface area contributed by atoms with Crippen molar-refractivity contribution < 1.29 is 0 Å². The summed E-state index contributed by atoms with van der Waals surface area (Å²) in [5, 5.41) is 0.0872. The van der Waals surface area contributed by atoms with Gasteiger partial charge in [-0.05, 0) is 20.3 Å². The minimum absolute atomic E-state index is 0.0872. The number of rotatable bonds is 2. The van der Waals surface area contributed by atoms with E-state index in [1.807, 2.05) is 20.8 Å². The molecule has 0 radical (unpaired) electrons. The first-order chi connectivity index (χ1) is 3.48. The van der Waals surface area contributed by atoms with Crippen LogP contribution in [-0.4, -0.2) is 10.3 Å². The van der Waals surface area contributed by atoms with E-state index in [-0.39, 0.29) is 10.3 Å². The lowest BCUT2D eigenvalue weighted by Crippen LogP contribution is -2.23. The fourth-order valence-corrected chi connectivity index (χ4v) is 0.640. The van der Waals surface area contributed by atoms with Crippen LogP contribution in [0.3, 0.4) is 0 Å². The van der Waals surface area contributed by atoms with Crippen LogP contribution in [0.1, 0.15) is 27.2 Å². The predicted octanol–water partition coefficient (Wildman–Crippen LogP) is 3.02. The molecule has 0 fully saturated rings. The normalized spacial score (nSPS) is 16.1. The van der Waals surface area contributed by atoms with Crippen LogP contribution in [0.5, 0.6) is 0 Å². The molecule has 1 atom stereocenters. The molecule has 0 amide bonds. The molecule has 0 nitrogen and oxygen atoms in total. The highest BCUT2D eigenvalue weighted by atomic mass is 35.5. The van der Waals surface area contributed by atoms with Gasteiger partial charge in [0.2, 0.25) is 0 Å². The van der Waals surface area contributed by atoms with Crippen molar-refractivity contribution in [3.05, 3.63) is 0 Å². The lowest BCUT2D eigenvalue weighted by atomic mass is 10.1. The van der Waals surface area contributed by atoms with Crippen molar-refractivity contribution in [1.82, 2.24) is 0 Å². The van der Waals surface area contributed by atoms with Gasteiger partial charge in [0.15, 0.2) is 0 Å². The smallest absolute Gasteiger partial charge is 0.0553 e. The molecule has 0 heterocycles. The molecule has 0 aromatic heterocycles. The van der Waals surface area contributed by atoms with Crippen LogP contribution in [-0.2, 0) is 0 Å². The Labute approximate surface area is 61.2 Å². The fraction of sp³-hybridized carbons (Fsp3) is 1.00. The molecule has 8 heavy (non-hydrogen) atoms. The summed E-state index contributed by atoms with van der Waals surface area (Å²) >= 11 is 11.7. The zero-order valence-corrected chi connectivity index (χ0v) is 7.05. The molecular weight excluding hydrogens is 143 g/mol. The topological polar surface area (TPSA) is 0 Å². The minimum atomic E-state index is -0.254. The summed E-state index contributed by atoms with van der Waals surface area (Å²) in [4.78, 5) is -0.254. The second-order valence-electron chi connectivity index (χ2n) is 2.44. The Morgan fingerprint density at radius 3 is 1.88 bits per heavy atom. The van der Waals surface area contributed by atoms with Gasteiger partial charge in [-0.25, -0.2) is 0 Å². The Morgan fingerprint density at radius 2 is 1.88 bits per heavy atom. The minimum Gasteiger partial charge on any atom is -0.121 e. The summed E-state index contributed by atoms with van der Waals surface area (Å²) in [6.45, 7) is 5.88. The van der Waals surface area contributed by atoms with Gasteiger partial charge in [0, 0.05) is 0 Å². The molecule has 0 aromatic rings. The summed E-state index contributed by atoms with van der Waals surface area (Å²) < 4.78 is 0. The van der Waals surface area contributed by atoms with Gasteiger partial charge in [0.05, 0.1) is 10.3 Å². The molecule has 0 aliphatic carbocycles. The highest BCUT2D eigenvalue weighted by Gasteiger charge is 2.22. The van der Waals surface area contributed by atoms with Gasteiger partial charge in [-0.15, -0.1) is 23.2 Å². The van der Waals surface area contributed by atoms with Crippen molar-refractivity contribution in [3.8, 4) is 0 Å². The molecule has 2 heteroatoms. The standard InChI is InChI=1S/C6H12Cl2/c1-4-5(7)6(2,3)8/h5H,4H2,1-3H3. The number of hydrogen-bond donors (Lipinski definition) is 0. The van der Waals surface area contributed by atoms with Gasteiger partial charge in [-0.2, -0.15) is 0 Å². The quantitative estimate of drug-likeness (QED) is 0.537. The Morgan fingerprint density at radius 1 is 1.50 bits per heavy atom. The van der Waals surface area contributed by atoms with Crippen LogP contribution < -0.4 is 0 Å². The maximum atomic E-state index is 5.85. The van der Waals surface area contributed by atoms with E-state index in [0.717, 1.165) is 6.42 Å². The van der Waals surface area contributed by atoms with Gasteiger partial charge < -0.3 is 0 Å². The van der Waals surface area contributed by atoms with E-state index >= 15 is 0 Å². The molecule has 0 aromatic carbocycles. The fourth-order valence-electron chi connectivity index (χ4n) is 0.485. The first kappa shape index (κ1) is 8.58. The second-order valence-corrected chi connectivity index (χ2v) is 3.94. The molecular formula is C6H12Cl2. The zero-order chi connectivity index (χ0) is 6.78. The average molecular weight is 155 g/mol. The Bertz CT molecular complexity index is 63.4. The lowest BCUT2D eigenvalue weighted by molar-refractivity contribution is 0.625. The zero-order valence-electron chi connectivity index (χ0n) is 5.54. The Hall–Kier alpha value is 0.580. The lowest BCUT2D eigenvalue weighted by Gasteiger charge is -2.20. The van der Waals surface area contributed by atoms with Crippen LogP contribution in [0.15, 0.2) is 0 Å². The van der Waals surface area contributed by atoms with E-state index < -0.39 is 0 Å². The molecule has 1 unspecified atom stereocenters. The Balaban J connectivity index is 3.62. The van der Waals surface area contributed by atoms with Crippen molar-refractivity contribution in [2.45, 2.75) is 37.4 Å². The first-order valence-electron chi connectivity index (χ1n) is 2.81. The monoisotopic (exact) mass is 154 g/mol. The second kappa shape index (κ2) is 2.93. The van der Waals surface area contributed by atoms with Gasteiger partial charge in [0.25, 0.3) is 0 Å². The predicted molar refractivity (Wildman–Crippen MR) is 39.9 cm³/mol. The van der Waals surface area contributed by atoms with Crippen molar-refractivity contribution in [2.24, 2.45) is 0 Å². The van der Waals surface area contributed by atoms with E-state index in [0.29, 0.717) is 0 Å². The van der Waals surface area contributed by atoms with Crippen LogP contribution in [0.4, 0.5) is 0 Å². The third-order valence-electron chi connectivity index (χ3n) is 1.10. The summed E-state index contributed by atoms with van der Waals surface area (Å²) in [6, 6.07) is 0. The Kier molecular flexibility index (Phi) is 3.14. The van der Waals surface area contributed by atoms with Crippen LogP contribution >= 0.6 is 23.2 Å². The van der Waals surface area contributed by atoms with Gasteiger partial charge in [0.1, 0.15) is 0 Å². The van der Waals surface area contributed by atoms with Crippen molar-refractivity contribution in [3.63, 3.8) is 0 Å². The van der Waals surface area contributed by atoms with Gasteiger partial charge in [-0.1, -0.05) is 6.92 Å². The molecule has 0 rings (SSSR count). The SMILES string of the molecule is CCC(Cl)C(C)(C)Cl. The van der Waals surface area contributed by atoms with Crippen molar-refractivity contribution in [1.29, 1.82) is 0 Å². The summed E-state index contributed by atoms with van der Waals surface area (Å²) in [6.07, 6.45) is 0.929. The molecule has 0 saturated carbocycles. The van der Waals surface area contributed by atoms with E-state index in [2.05, 4.69) is 0 Å². The molecule has 0 bridgehead atoms. The van der Waals surface area contributed by atoms with E-state index in [4.69, 9.17) is 23.2 Å². The average Bonchev–Trinajstić information content (AvgIpc) is 1.62. The molecule has 0 spiro atoms. The number of halogens is 2. The van der Waals surface area contributed by atoms with Crippen molar-refractivity contribution in [2.75, 3.05) is 0 Å². The molecule has 0 aliphatic heterocycles. The third-order valence-corrected chi connectivity index (χ3v) is 2.33. The van der Waals surface area contributed by atoms with Gasteiger partial charge >= 0.3 is 0 Å². The largest absolute Gasteiger partial charge is 0.121 e. The summed E-state index contributed by atoms with van der Waals surface area (Å²) in [5.41, 5.74) is 0. The number of alkyl halides is 2. The molecule has 0 N–H and O–H groups in total. The number of hydrogen-bond acceptors (Lipinski definition) is 0. The maximum Gasteiger partial charge on any atom is 0.0553 e. The highest BCUT2D eigenvalue weighted by Crippen LogP contribution is 2.24. The van der Waals surface area contributed by atoms with Crippen molar-refractivity contribution >= 4 is 23.2 Å². The van der Waals surface area contributed by atoms with Crippen LogP contribution in [0.25, 0.3) is 0 Å². The molecule has 50 valence electrons. The van der Waals surface area contributed by atoms with E-state index in [9.17, 15) is 0 Å². The molecule has 0 aliphatic rings. The summed E-state index contributed by atoms with van der Waals surface area (Å²) in [5.74, 6) is 0. The van der Waals surface area contributed by atoms with E-state index in [1.165, 1.54) is 0 Å². The van der Waals surface area contributed by atoms with E-state index in [1.54, 1.807) is 0 Å².